The average molecular weight is 409 g/mol. The van der Waals surface area contributed by atoms with Crippen LogP contribution in [-0.4, -0.2) is 42.6 Å². The number of pyridine rings is 1. The van der Waals surface area contributed by atoms with Crippen molar-refractivity contribution in [3.05, 3.63) is 53.7 Å². The first-order chi connectivity index (χ1) is 14.5. The fourth-order valence-corrected chi connectivity index (χ4v) is 3.65. The van der Waals surface area contributed by atoms with Gasteiger partial charge in [0.15, 0.2) is 0 Å². The van der Waals surface area contributed by atoms with E-state index in [2.05, 4.69) is 34.4 Å². The van der Waals surface area contributed by atoms with E-state index in [-0.39, 0.29) is 23.8 Å². The predicted octanol–water partition coefficient (Wildman–Crippen LogP) is 2.83. The highest BCUT2D eigenvalue weighted by atomic mass is 16.5. The van der Waals surface area contributed by atoms with Crippen LogP contribution in [0.15, 0.2) is 42.6 Å². The molecule has 30 heavy (non-hydrogen) atoms. The minimum Gasteiger partial charge on any atom is -0.375 e. The van der Waals surface area contributed by atoms with Crippen molar-refractivity contribution in [3.8, 4) is 0 Å². The van der Waals surface area contributed by atoms with E-state index < -0.39 is 0 Å². The summed E-state index contributed by atoms with van der Waals surface area (Å²) in [5.74, 6) is 1.42. The van der Waals surface area contributed by atoms with Gasteiger partial charge in [0.25, 0.3) is 5.91 Å². The van der Waals surface area contributed by atoms with Crippen molar-refractivity contribution < 1.29 is 14.3 Å². The number of hydrogen-bond donors (Lipinski definition) is 2. The van der Waals surface area contributed by atoms with Crippen LogP contribution in [0.4, 0.5) is 11.5 Å². The van der Waals surface area contributed by atoms with Crippen molar-refractivity contribution in [2.24, 2.45) is 11.8 Å². The molecule has 158 valence electrons. The van der Waals surface area contributed by atoms with E-state index in [1.165, 1.54) is 0 Å². The molecule has 2 N–H and O–H groups in total. The smallest absolute Gasteiger partial charge is 0.251 e. The third-order valence-corrected chi connectivity index (χ3v) is 5.69. The van der Waals surface area contributed by atoms with Crippen LogP contribution in [0.5, 0.6) is 0 Å². The molecule has 2 heterocycles. The first-order valence-electron chi connectivity index (χ1n) is 10.5. The van der Waals surface area contributed by atoms with E-state index in [1.54, 1.807) is 30.5 Å². The minimum absolute atomic E-state index is 0.0576. The second kappa shape index (κ2) is 8.83. The Kier molecular flexibility index (Phi) is 5.99. The van der Waals surface area contributed by atoms with Gasteiger partial charge >= 0.3 is 0 Å². The Morgan fingerprint density at radius 2 is 1.93 bits per heavy atom. The Labute approximate surface area is 176 Å². The van der Waals surface area contributed by atoms with Crippen LogP contribution in [0.1, 0.15) is 36.2 Å². The lowest BCUT2D eigenvalue weighted by molar-refractivity contribution is -0.117. The fourth-order valence-electron chi connectivity index (χ4n) is 3.65. The number of nitrogens with zero attached hydrogens (tertiary/aromatic N) is 2. The fraction of sp³-hybridized carbons (Fsp3) is 0.435. The number of nitrogens with one attached hydrogen (secondary N) is 2. The highest BCUT2D eigenvalue weighted by Gasteiger charge is 2.39. The molecule has 0 spiro atoms. The normalized spacial score (nSPS) is 23.0. The molecule has 7 heteroatoms. The molecular weight excluding hydrogens is 380 g/mol. The number of ether oxygens (including phenoxy) is 1. The molecule has 2 amide bonds. The van der Waals surface area contributed by atoms with Crippen LogP contribution < -0.4 is 15.5 Å². The molecule has 1 saturated heterocycles. The maximum atomic E-state index is 12.4. The SMILES string of the molecule is CC1CN(c2ccc(CNC(=O)c3ccc(NC(=O)C4CC4C)cc3)cn2)CCO1. The lowest BCUT2D eigenvalue weighted by Gasteiger charge is -2.32. The number of rotatable bonds is 6. The Morgan fingerprint density at radius 1 is 1.17 bits per heavy atom. The standard InChI is InChI=1S/C23H28N4O3/c1-15-11-20(15)23(29)26-19-6-4-18(5-7-19)22(28)25-13-17-3-8-21(24-12-17)27-9-10-30-16(2)14-27/h3-8,12,15-16,20H,9-11,13-14H2,1-2H3,(H,25,28)(H,26,29). The van der Waals surface area contributed by atoms with Crippen LogP contribution in [0.25, 0.3) is 0 Å². The molecule has 4 rings (SSSR count). The molecule has 1 saturated carbocycles. The number of hydrogen-bond acceptors (Lipinski definition) is 5. The van der Waals surface area contributed by atoms with Gasteiger partial charge in [-0.3, -0.25) is 9.59 Å². The van der Waals surface area contributed by atoms with Crippen molar-refractivity contribution in [1.29, 1.82) is 0 Å². The molecule has 1 aromatic carbocycles. The summed E-state index contributed by atoms with van der Waals surface area (Å²) in [6.45, 7) is 6.92. The minimum atomic E-state index is -0.158. The third kappa shape index (κ3) is 4.97. The van der Waals surface area contributed by atoms with Gasteiger partial charge in [-0.2, -0.15) is 0 Å². The summed E-state index contributed by atoms with van der Waals surface area (Å²) in [5, 5.41) is 5.82. The largest absolute Gasteiger partial charge is 0.375 e. The van der Waals surface area contributed by atoms with Crippen LogP contribution in [0.3, 0.4) is 0 Å². The molecule has 1 aliphatic carbocycles. The van der Waals surface area contributed by atoms with Gasteiger partial charge in [-0.05, 0) is 55.2 Å². The maximum absolute atomic E-state index is 12.4. The summed E-state index contributed by atoms with van der Waals surface area (Å²) in [4.78, 5) is 31.2. The van der Waals surface area contributed by atoms with Gasteiger partial charge in [-0.25, -0.2) is 4.98 Å². The number of carbonyl (C=O) groups excluding carboxylic acids is 2. The molecule has 3 unspecified atom stereocenters. The van der Waals surface area contributed by atoms with E-state index in [4.69, 9.17) is 4.74 Å². The molecule has 3 atom stereocenters. The lowest BCUT2D eigenvalue weighted by atomic mass is 10.2. The summed E-state index contributed by atoms with van der Waals surface area (Å²) in [6, 6.07) is 10.9. The van der Waals surface area contributed by atoms with E-state index in [1.807, 2.05) is 12.1 Å². The molecule has 2 aliphatic rings. The molecular formula is C23H28N4O3. The Morgan fingerprint density at radius 3 is 2.57 bits per heavy atom. The molecule has 0 radical (unpaired) electrons. The van der Waals surface area contributed by atoms with Crippen molar-refractivity contribution in [2.45, 2.75) is 32.9 Å². The average Bonchev–Trinajstić information content (AvgIpc) is 3.50. The second-order valence-corrected chi connectivity index (χ2v) is 8.22. The summed E-state index contributed by atoms with van der Waals surface area (Å²) in [5.41, 5.74) is 2.21. The van der Waals surface area contributed by atoms with Gasteiger partial charge in [0.1, 0.15) is 5.82 Å². The van der Waals surface area contributed by atoms with Crippen molar-refractivity contribution >= 4 is 23.3 Å². The number of morpholine rings is 1. The van der Waals surface area contributed by atoms with Crippen molar-refractivity contribution in [2.75, 3.05) is 29.9 Å². The maximum Gasteiger partial charge on any atom is 0.251 e. The zero-order chi connectivity index (χ0) is 21.1. The van der Waals surface area contributed by atoms with Gasteiger partial charge in [0, 0.05) is 43.0 Å². The van der Waals surface area contributed by atoms with Crippen LogP contribution in [-0.2, 0) is 16.1 Å². The molecule has 0 bridgehead atoms. The molecule has 7 nitrogen and oxygen atoms in total. The predicted molar refractivity (Wildman–Crippen MR) is 115 cm³/mol. The first kappa shape index (κ1) is 20.3. The number of benzene rings is 1. The Bertz CT molecular complexity index is 898. The second-order valence-electron chi connectivity index (χ2n) is 8.22. The number of aromatic nitrogens is 1. The molecule has 1 aliphatic heterocycles. The highest BCUT2D eigenvalue weighted by molar-refractivity contribution is 5.96. The quantitative estimate of drug-likeness (QED) is 0.768. The van der Waals surface area contributed by atoms with E-state index in [0.717, 1.165) is 30.9 Å². The van der Waals surface area contributed by atoms with Crippen LogP contribution in [0.2, 0.25) is 0 Å². The van der Waals surface area contributed by atoms with Crippen molar-refractivity contribution in [1.82, 2.24) is 10.3 Å². The van der Waals surface area contributed by atoms with Crippen LogP contribution >= 0.6 is 0 Å². The molecule has 2 fully saturated rings. The van der Waals surface area contributed by atoms with Gasteiger partial charge < -0.3 is 20.3 Å². The lowest BCUT2D eigenvalue weighted by Crippen LogP contribution is -2.41. The van der Waals surface area contributed by atoms with Gasteiger partial charge in [-0.15, -0.1) is 0 Å². The van der Waals surface area contributed by atoms with E-state index in [9.17, 15) is 9.59 Å². The highest BCUT2D eigenvalue weighted by Crippen LogP contribution is 2.38. The number of carbonyl (C=O) groups is 2. The Balaban J connectivity index is 1.27. The summed E-state index contributed by atoms with van der Waals surface area (Å²) >= 11 is 0. The van der Waals surface area contributed by atoms with E-state index in [0.29, 0.717) is 30.3 Å². The molecule has 2 aromatic rings. The Hall–Kier alpha value is -2.93. The summed E-state index contributed by atoms with van der Waals surface area (Å²) < 4.78 is 5.57. The summed E-state index contributed by atoms with van der Waals surface area (Å²) in [7, 11) is 0. The van der Waals surface area contributed by atoms with Gasteiger partial charge in [0.05, 0.1) is 12.7 Å². The zero-order valence-corrected chi connectivity index (χ0v) is 17.4. The van der Waals surface area contributed by atoms with Crippen LogP contribution in [0, 0.1) is 11.8 Å². The summed E-state index contributed by atoms with van der Waals surface area (Å²) in [6.07, 6.45) is 2.96. The number of amides is 2. The topological polar surface area (TPSA) is 83.6 Å². The van der Waals surface area contributed by atoms with E-state index >= 15 is 0 Å². The number of anilines is 2. The third-order valence-electron chi connectivity index (χ3n) is 5.69. The molecule has 1 aromatic heterocycles. The van der Waals surface area contributed by atoms with Crippen molar-refractivity contribution in [3.63, 3.8) is 0 Å². The monoisotopic (exact) mass is 408 g/mol. The van der Waals surface area contributed by atoms with Gasteiger partial charge in [0.2, 0.25) is 5.91 Å². The first-order valence-corrected chi connectivity index (χ1v) is 10.5. The van der Waals surface area contributed by atoms with Gasteiger partial charge in [-0.1, -0.05) is 13.0 Å². The zero-order valence-electron chi connectivity index (χ0n) is 17.4.